The number of carbonyl (C=O) groups excluding carboxylic acids is 1. The third-order valence-corrected chi connectivity index (χ3v) is 7.84. The maximum absolute atomic E-state index is 13.5. The molecule has 5 rings (SSSR count). The summed E-state index contributed by atoms with van der Waals surface area (Å²) >= 11 is 0. The normalized spacial score (nSPS) is 45.2. The number of Topliss-reactive ketones (excluding diaryl/α,β-unsaturated/α-hetero) is 1. The second-order valence-electron chi connectivity index (χ2n) is 9.37. The molecular weight excluding hydrogens is 301 g/mol. The lowest BCUT2D eigenvalue weighted by molar-refractivity contribution is -0.137. The van der Waals surface area contributed by atoms with E-state index in [9.17, 15) is 14.8 Å². The van der Waals surface area contributed by atoms with Gasteiger partial charge in [-0.25, -0.2) is 0 Å². The van der Waals surface area contributed by atoms with Crippen molar-refractivity contribution in [2.24, 2.45) is 29.1 Å². The maximum atomic E-state index is 13.5. The standard InChI is InChI=1S/C19H32BNO3/c1-21-18(17(22)15-4-2-3-5-16(15)20(23)24)19-9-12-6-13(10-19)8-14(7-12)11-19/h12-16,18,21,23-24H,2-11H2,1H3. The number of ketones is 1. The molecule has 4 bridgehead atoms. The van der Waals surface area contributed by atoms with Gasteiger partial charge in [0.05, 0.1) is 6.04 Å². The molecule has 0 aliphatic heterocycles. The molecule has 134 valence electrons. The van der Waals surface area contributed by atoms with Crippen LogP contribution in [0.2, 0.25) is 5.82 Å². The molecular formula is C19H32BNO3. The predicted octanol–water partition coefficient (Wildman–Crippen LogP) is 2.39. The highest BCUT2D eigenvalue weighted by atomic mass is 16.4. The van der Waals surface area contributed by atoms with Crippen LogP contribution in [0.1, 0.15) is 64.2 Å². The zero-order valence-electron chi connectivity index (χ0n) is 14.9. The van der Waals surface area contributed by atoms with E-state index in [2.05, 4.69) is 5.32 Å². The fraction of sp³-hybridized carbons (Fsp3) is 0.947. The van der Waals surface area contributed by atoms with E-state index in [1.807, 2.05) is 7.05 Å². The van der Waals surface area contributed by atoms with Crippen molar-refractivity contribution in [3.8, 4) is 0 Å². The van der Waals surface area contributed by atoms with Gasteiger partial charge in [-0.15, -0.1) is 0 Å². The first-order chi connectivity index (χ1) is 11.5. The lowest BCUT2D eigenvalue weighted by Gasteiger charge is -2.59. The van der Waals surface area contributed by atoms with Crippen molar-refractivity contribution in [1.82, 2.24) is 5.32 Å². The first-order valence-electron chi connectivity index (χ1n) is 10.1. The van der Waals surface area contributed by atoms with E-state index in [0.717, 1.165) is 43.4 Å². The van der Waals surface area contributed by atoms with E-state index in [4.69, 9.17) is 0 Å². The number of nitrogens with one attached hydrogen (secondary N) is 1. The number of rotatable bonds is 5. The fourth-order valence-corrected chi connectivity index (χ4v) is 7.37. The van der Waals surface area contributed by atoms with Crippen molar-refractivity contribution < 1.29 is 14.8 Å². The monoisotopic (exact) mass is 333 g/mol. The van der Waals surface area contributed by atoms with Crippen LogP contribution in [-0.4, -0.2) is 36.0 Å². The van der Waals surface area contributed by atoms with Crippen LogP contribution in [0.3, 0.4) is 0 Å². The Bertz CT molecular complexity index is 460. The van der Waals surface area contributed by atoms with Gasteiger partial charge in [-0.2, -0.15) is 0 Å². The van der Waals surface area contributed by atoms with Gasteiger partial charge >= 0.3 is 7.12 Å². The molecule has 4 nitrogen and oxygen atoms in total. The second kappa shape index (κ2) is 6.41. The number of hydrogen-bond acceptors (Lipinski definition) is 4. The summed E-state index contributed by atoms with van der Waals surface area (Å²) in [5, 5.41) is 22.9. The third-order valence-electron chi connectivity index (χ3n) is 7.84. The summed E-state index contributed by atoms with van der Waals surface area (Å²) in [6.07, 6.45) is 11.4. The van der Waals surface area contributed by atoms with Gasteiger partial charge in [0.15, 0.2) is 5.78 Å². The van der Waals surface area contributed by atoms with Gasteiger partial charge in [0, 0.05) is 11.7 Å². The van der Waals surface area contributed by atoms with Crippen LogP contribution in [0.5, 0.6) is 0 Å². The minimum Gasteiger partial charge on any atom is -0.427 e. The maximum Gasteiger partial charge on any atom is 0.455 e. The van der Waals surface area contributed by atoms with Crippen molar-refractivity contribution in [1.29, 1.82) is 0 Å². The lowest BCUT2D eigenvalue weighted by Crippen LogP contribution is -2.59. The Hall–Kier alpha value is -0.385. The molecule has 5 saturated carbocycles. The van der Waals surface area contributed by atoms with Crippen LogP contribution in [0.15, 0.2) is 0 Å². The van der Waals surface area contributed by atoms with Gasteiger partial charge < -0.3 is 15.4 Å². The molecule has 0 spiro atoms. The molecule has 5 heteroatoms. The number of hydrogen-bond donors (Lipinski definition) is 3. The minimum absolute atomic E-state index is 0.0877. The molecule has 0 saturated heterocycles. The van der Waals surface area contributed by atoms with E-state index < -0.39 is 7.12 Å². The molecule has 0 aromatic carbocycles. The molecule has 0 aromatic rings. The van der Waals surface area contributed by atoms with Gasteiger partial charge in [0.1, 0.15) is 0 Å². The fourth-order valence-electron chi connectivity index (χ4n) is 7.37. The van der Waals surface area contributed by atoms with Gasteiger partial charge in [-0.3, -0.25) is 4.79 Å². The molecule has 0 amide bonds. The van der Waals surface area contributed by atoms with Crippen molar-refractivity contribution in [2.75, 3.05) is 7.05 Å². The topological polar surface area (TPSA) is 69.6 Å². The molecule has 0 heterocycles. The van der Waals surface area contributed by atoms with Crippen LogP contribution in [0.25, 0.3) is 0 Å². The van der Waals surface area contributed by atoms with Crippen LogP contribution in [-0.2, 0) is 4.79 Å². The Balaban J connectivity index is 1.57. The van der Waals surface area contributed by atoms with Crippen LogP contribution >= 0.6 is 0 Å². The van der Waals surface area contributed by atoms with E-state index in [1.165, 1.54) is 38.5 Å². The molecule has 3 N–H and O–H groups in total. The van der Waals surface area contributed by atoms with Crippen molar-refractivity contribution in [3.05, 3.63) is 0 Å². The SMILES string of the molecule is CNC(C(=O)C1CCCCC1B(O)O)C12CC3CC(CC(C3)C1)C2. The Morgan fingerprint density at radius 3 is 2.08 bits per heavy atom. The highest BCUT2D eigenvalue weighted by Gasteiger charge is 2.56. The Labute approximate surface area is 145 Å². The third kappa shape index (κ3) is 2.77. The van der Waals surface area contributed by atoms with Gasteiger partial charge in [-0.05, 0) is 75.2 Å². The average molecular weight is 333 g/mol. The van der Waals surface area contributed by atoms with E-state index in [1.54, 1.807) is 0 Å². The summed E-state index contributed by atoms with van der Waals surface area (Å²) in [6.45, 7) is 0. The first-order valence-corrected chi connectivity index (χ1v) is 10.1. The zero-order chi connectivity index (χ0) is 16.9. The molecule has 3 atom stereocenters. The first kappa shape index (κ1) is 17.1. The Morgan fingerprint density at radius 1 is 1.04 bits per heavy atom. The van der Waals surface area contributed by atoms with Gasteiger partial charge in [-0.1, -0.05) is 19.3 Å². The number of likely N-dealkylation sites (N-methyl/N-ethyl adjacent to an activating group) is 1. The van der Waals surface area contributed by atoms with E-state index >= 15 is 0 Å². The van der Waals surface area contributed by atoms with Gasteiger partial charge in [0.2, 0.25) is 0 Å². The molecule has 24 heavy (non-hydrogen) atoms. The van der Waals surface area contributed by atoms with Crippen molar-refractivity contribution >= 4 is 12.9 Å². The summed E-state index contributed by atoms with van der Waals surface area (Å²) < 4.78 is 0. The van der Waals surface area contributed by atoms with E-state index in [0.29, 0.717) is 0 Å². The van der Waals surface area contributed by atoms with Crippen LogP contribution in [0.4, 0.5) is 0 Å². The van der Waals surface area contributed by atoms with Crippen molar-refractivity contribution in [2.45, 2.75) is 76.1 Å². The summed E-state index contributed by atoms with van der Waals surface area (Å²) in [6, 6.07) is -0.0877. The number of carbonyl (C=O) groups is 1. The summed E-state index contributed by atoms with van der Waals surface area (Å²) in [5.41, 5.74) is 0.142. The summed E-state index contributed by atoms with van der Waals surface area (Å²) in [4.78, 5) is 13.5. The molecule has 5 aliphatic carbocycles. The molecule has 3 unspecified atom stereocenters. The van der Waals surface area contributed by atoms with Crippen LogP contribution in [0, 0.1) is 29.1 Å². The molecule has 5 aliphatic rings. The van der Waals surface area contributed by atoms with Crippen molar-refractivity contribution in [3.63, 3.8) is 0 Å². The largest absolute Gasteiger partial charge is 0.455 e. The molecule has 0 radical (unpaired) electrons. The summed E-state index contributed by atoms with van der Waals surface area (Å²) in [5.74, 6) is 2.30. The Morgan fingerprint density at radius 2 is 1.58 bits per heavy atom. The highest BCUT2D eigenvalue weighted by molar-refractivity contribution is 6.43. The van der Waals surface area contributed by atoms with Crippen LogP contribution < -0.4 is 5.32 Å². The zero-order valence-corrected chi connectivity index (χ0v) is 14.9. The van der Waals surface area contributed by atoms with E-state index in [-0.39, 0.29) is 29.0 Å². The molecule has 5 fully saturated rings. The lowest BCUT2D eigenvalue weighted by atomic mass is 9.46. The van der Waals surface area contributed by atoms with Gasteiger partial charge in [0.25, 0.3) is 0 Å². The second-order valence-corrected chi connectivity index (χ2v) is 9.37. The summed E-state index contributed by atoms with van der Waals surface area (Å²) in [7, 11) is 0.585. The minimum atomic E-state index is -1.35. The highest BCUT2D eigenvalue weighted by Crippen LogP contribution is 2.61. The average Bonchev–Trinajstić information content (AvgIpc) is 2.53. The molecule has 0 aromatic heterocycles. The smallest absolute Gasteiger partial charge is 0.427 e. The predicted molar refractivity (Wildman–Crippen MR) is 94.4 cm³/mol. The Kier molecular flexibility index (Phi) is 4.55. The quantitative estimate of drug-likeness (QED) is 0.676.